The largest absolute Gasteiger partial charge is 0.360 e. The highest BCUT2D eigenvalue weighted by molar-refractivity contribution is 5.06. The highest BCUT2D eigenvalue weighted by atomic mass is 16.5. The van der Waals surface area contributed by atoms with Crippen molar-refractivity contribution >= 4 is 0 Å². The van der Waals surface area contributed by atoms with Gasteiger partial charge < -0.3 is 9.84 Å². The van der Waals surface area contributed by atoms with Crippen LogP contribution in [0, 0.1) is 0 Å². The van der Waals surface area contributed by atoms with E-state index >= 15 is 0 Å². The van der Waals surface area contributed by atoms with Gasteiger partial charge in [0, 0.05) is 24.2 Å². The molecular formula is C13H23N3O. The molecule has 1 aliphatic rings. The van der Waals surface area contributed by atoms with Crippen molar-refractivity contribution in [2.24, 2.45) is 0 Å². The molecule has 0 aromatic carbocycles. The lowest BCUT2D eigenvalue weighted by molar-refractivity contribution is 0.263. The van der Waals surface area contributed by atoms with E-state index in [1.165, 1.54) is 12.8 Å². The molecule has 1 fully saturated rings. The average Bonchev–Trinajstić information content (AvgIpc) is 2.97. The van der Waals surface area contributed by atoms with Gasteiger partial charge in [0.2, 0.25) is 0 Å². The number of nitrogens with one attached hydrogen (secondary N) is 1. The van der Waals surface area contributed by atoms with Crippen LogP contribution in [0.4, 0.5) is 0 Å². The average molecular weight is 237 g/mol. The minimum Gasteiger partial charge on any atom is -0.360 e. The Labute approximate surface area is 103 Å². The van der Waals surface area contributed by atoms with E-state index in [2.05, 4.69) is 49.3 Å². The van der Waals surface area contributed by atoms with E-state index in [0.717, 1.165) is 30.6 Å². The molecular weight excluding hydrogens is 214 g/mol. The highest BCUT2D eigenvalue weighted by Gasteiger charge is 2.26. The van der Waals surface area contributed by atoms with Crippen molar-refractivity contribution in [1.82, 2.24) is 15.4 Å². The zero-order chi connectivity index (χ0) is 12.5. The summed E-state index contributed by atoms with van der Waals surface area (Å²) < 4.78 is 5.35. The Morgan fingerprint density at radius 1 is 1.47 bits per heavy atom. The molecule has 4 nitrogen and oxygen atoms in total. The lowest BCUT2D eigenvalue weighted by atomic mass is 10.1. The first-order valence-electron chi connectivity index (χ1n) is 6.34. The molecule has 0 saturated heterocycles. The second-order valence-electron chi connectivity index (χ2n) is 6.03. The smallest absolute Gasteiger partial charge is 0.151 e. The van der Waals surface area contributed by atoms with Crippen molar-refractivity contribution in [1.29, 1.82) is 0 Å². The van der Waals surface area contributed by atoms with Crippen molar-refractivity contribution in [2.75, 3.05) is 7.05 Å². The van der Waals surface area contributed by atoms with Gasteiger partial charge in [0.15, 0.2) is 5.76 Å². The van der Waals surface area contributed by atoms with Gasteiger partial charge in [-0.05, 0) is 40.7 Å². The topological polar surface area (TPSA) is 41.3 Å². The Balaban J connectivity index is 1.82. The zero-order valence-electron chi connectivity index (χ0n) is 11.3. The summed E-state index contributed by atoms with van der Waals surface area (Å²) >= 11 is 0. The van der Waals surface area contributed by atoms with E-state index in [-0.39, 0.29) is 5.54 Å². The molecule has 2 rings (SSSR count). The molecule has 1 N–H and O–H groups in total. The first-order valence-corrected chi connectivity index (χ1v) is 6.34. The van der Waals surface area contributed by atoms with Gasteiger partial charge >= 0.3 is 0 Å². The number of hydrogen-bond acceptors (Lipinski definition) is 4. The summed E-state index contributed by atoms with van der Waals surface area (Å²) in [7, 11) is 2.15. The summed E-state index contributed by atoms with van der Waals surface area (Å²) in [6.07, 6.45) is 2.64. The first kappa shape index (κ1) is 12.6. The highest BCUT2D eigenvalue weighted by Crippen LogP contribution is 2.26. The Hall–Kier alpha value is -0.870. The van der Waals surface area contributed by atoms with E-state index in [4.69, 9.17) is 4.52 Å². The van der Waals surface area contributed by atoms with Gasteiger partial charge in [0.25, 0.3) is 0 Å². The zero-order valence-corrected chi connectivity index (χ0v) is 11.3. The fourth-order valence-corrected chi connectivity index (χ4v) is 1.76. The molecule has 1 heterocycles. The van der Waals surface area contributed by atoms with Crippen molar-refractivity contribution in [3.63, 3.8) is 0 Å². The molecule has 0 unspecified atom stereocenters. The van der Waals surface area contributed by atoms with Gasteiger partial charge in [0.1, 0.15) is 0 Å². The minimum absolute atomic E-state index is 0.115. The molecule has 1 aromatic rings. The van der Waals surface area contributed by atoms with Crippen LogP contribution in [0.1, 0.15) is 45.1 Å². The molecule has 4 heteroatoms. The van der Waals surface area contributed by atoms with Crippen LogP contribution in [0.15, 0.2) is 10.6 Å². The number of aromatic nitrogens is 1. The third-order valence-electron chi connectivity index (χ3n) is 2.98. The molecule has 0 spiro atoms. The first-order chi connectivity index (χ1) is 7.94. The molecule has 0 amide bonds. The Kier molecular flexibility index (Phi) is 3.54. The van der Waals surface area contributed by atoms with Gasteiger partial charge in [-0.25, -0.2) is 0 Å². The maximum Gasteiger partial charge on any atom is 0.151 e. The molecule has 0 aliphatic heterocycles. The van der Waals surface area contributed by atoms with E-state index in [1.807, 2.05) is 0 Å². The van der Waals surface area contributed by atoms with Gasteiger partial charge in [-0.3, -0.25) is 4.90 Å². The van der Waals surface area contributed by atoms with Gasteiger partial charge in [-0.2, -0.15) is 0 Å². The molecule has 0 bridgehead atoms. The van der Waals surface area contributed by atoms with Crippen LogP contribution in [0.25, 0.3) is 0 Å². The van der Waals surface area contributed by atoms with Crippen LogP contribution in [0.5, 0.6) is 0 Å². The third kappa shape index (κ3) is 4.13. The Morgan fingerprint density at radius 2 is 2.18 bits per heavy atom. The molecule has 0 radical (unpaired) electrons. The van der Waals surface area contributed by atoms with Gasteiger partial charge in [-0.15, -0.1) is 0 Å². The van der Waals surface area contributed by atoms with Crippen molar-refractivity contribution in [3.05, 3.63) is 17.5 Å². The summed E-state index contributed by atoms with van der Waals surface area (Å²) in [4.78, 5) is 2.33. The second-order valence-corrected chi connectivity index (χ2v) is 6.03. The standard InChI is InChI=1S/C13H23N3O/c1-13(2,3)14-8-10-7-12(17-15-10)9-16(4)11-5-6-11/h7,11,14H,5-6,8-9H2,1-4H3. The fraction of sp³-hybridized carbons (Fsp3) is 0.769. The van der Waals surface area contributed by atoms with Crippen LogP contribution < -0.4 is 5.32 Å². The molecule has 1 aromatic heterocycles. The summed E-state index contributed by atoms with van der Waals surface area (Å²) in [5.74, 6) is 0.963. The summed E-state index contributed by atoms with van der Waals surface area (Å²) in [6.45, 7) is 8.08. The van der Waals surface area contributed by atoms with E-state index < -0.39 is 0 Å². The van der Waals surface area contributed by atoms with Crippen LogP contribution in [0.2, 0.25) is 0 Å². The fourth-order valence-electron chi connectivity index (χ4n) is 1.76. The minimum atomic E-state index is 0.115. The Morgan fingerprint density at radius 3 is 2.76 bits per heavy atom. The van der Waals surface area contributed by atoms with E-state index in [1.54, 1.807) is 0 Å². The Bertz CT molecular complexity index is 363. The molecule has 1 aliphatic carbocycles. The molecule has 17 heavy (non-hydrogen) atoms. The lowest BCUT2D eigenvalue weighted by Gasteiger charge is -2.19. The third-order valence-corrected chi connectivity index (χ3v) is 2.98. The van der Waals surface area contributed by atoms with E-state index in [0.29, 0.717) is 0 Å². The number of rotatable bonds is 5. The van der Waals surface area contributed by atoms with Gasteiger partial charge in [-0.1, -0.05) is 5.16 Å². The summed E-state index contributed by atoms with van der Waals surface area (Å²) in [6, 6.07) is 2.81. The maximum absolute atomic E-state index is 5.35. The van der Waals surface area contributed by atoms with Crippen LogP contribution >= 0.6 is 0 Å². The van der Waals surface area contributed by atoms with Gasteiger partial charge in [0.05, 0.1) is 12.2 Å². The predicted octanol–water partition coefficient (Wildman–Crippen LogP) is 2.16. The second kappa shape index (κ2) is 4.78. The van der Waals surface area contributed by atoms with Crippen LogP contribution in [-0.2, 0) is 13.1 Å². The molecule has 1 saturated carbocycles. The van der Waals surface area contributed by atoms with Crippen molar-refractivity contribution in [3.8, 4) is 0 Å². The predicted molar refractivity (Wildman–Crippen MR) is 67.6 cm³/mol. The number of hydrogen-bond donors (Lipinski definition) is 1. The van der Waals surface area contributed by atoms with E-state index in [9.17, 15) is 0 Å². The van der Waals surface area contributed by atoms with Crippen molar-refractivity contribution in [2.45, 2.75) is 58.3 Å². The molecule has 96 valence electrons. The summed E-state index contributed by atoms with van der Waals surface area (Å²) in [5.41, 5.74) is 1.10. The number of nitrogens with zero attached hydrogens (tertiary/aromatic N) is 2. The normalized spacial score (nSPS) is 16.8. The maximum atomic E-state index is 5.35. The SMILES string of the molecule is CN(Cc1cc(CNC(C)(C)C)no1)C1CC1. The summed E-state index contributed by atoms with van der Waals surface area (Å²) in [5, 5.41) is 7.49. The lowest BCUT2D eigenvalue weighted by Crippen LogP contribution is -2.35. The van der Waals surface area contributed by atoms with Crippen LogP contribution in [0.3, 0.4) is 0 Å². The van der Waals surface area contributed by atoms with Crippen LogP contribution in [-0.4, -0.2) is 28.7 Å². The van der Waals surface area contributed by atoms with Crippen molar-refractivity contribution < 1.29 is 4.52 Å². The quantitative estimate of drug-likeness (QED) is 0.852. The monoisotopic (exact) mass is 237 g/mol. The molecule has 0 atom stereocenters.